The van der Waals surface area contributed by atoms with Gasteiger partial charge in [-0.05, 0) is 48.4 Å². The second-order valence-electron chi connectivity index (χ2n) is 4.96. The second kappa shape index (κ2) is 5.65. The summed E-state index contributed by atoms with van der Waals surface area (Å²) in [6.45, 7) is 2.66. The van der Waals surface area contributed by atoms with Crippen LogP contribution in [-0.2, 0) is 6.54 Å². The minimum absolute atomic E-state index is 0.393. The van der Waals surface area contributed by atoms with E-state index in [1.807, 2.05) is 50.4 Å². The molecule has 0 aliphatic rings. The van der Waals surface area contributed by atoms with Crippen LogP contribution in [-0.4, -0.2) is 13.0 Å². The van der Waals surface area contributed by atoms with E-state index in [1.54, 1.807) is 6.07 Å². The highest BCUT2D eigenvalue weighted by molar-refractivity contribution is 5.94. The highest BCUT2D eigenvalue weighted by Gasteiger charge is 2.08. The van der Waals surface area contributed by atoms with E-state index < -0.39 is 5.91 Å². The summed E-state index contributed by atoms with van der Waals surface area (Å²) < 4.78 is 0. The van der Waals surface area contributed by atoms with Crippen LogP contribution in [0.15, 0.2) is 42.5 Å². The molecule has 2 aromatic rings. The first-order valence-corrected chi connectivity index (χ1v) is 6.43. The van der Waals surface area contributed by atoms with E-state index in [0.717, 1.165) is 23.5 Å². The van der Waals surface area contributed by atoms with Gasteiger partial charge in [-0.25, -0.2) is 0 Å². The molecule has 0 saturated heterocycles. The number of hydrogen-bond acceptors (Lipinski definition) is 3. The van der Waals surface area contributed by atoms with Gasteiger partial charge in [-0.1, -0.05) is 12.1 Å². The molecule has 104 valence electrons. The summed E-state index contributed by atoms with van der Waals surface area (Å²) in [4.78, 5) is 13.3. The second-order valence-corrected chi connectivity index (χ2v) is 4.96. The van der Waals surface area contributed by atoms with E-state index in [9.17, 15) is 4.79 Å². The van der Waals surface area contributed by atoms with E-state index in [-0.39, 0.29) is 0 Å². The van der Waals surface area contributed by atoms with Crippen molar-refractivity contribution in [3.8, 4) is 0 Å². The molecule has 0 aromatic heterocycles. The van der Waals surface area contributed by atoms with Gasteiger partial charge in [0.25, 0.3) is 0 Å². The van der Waals surface area contributed by atoms with Gasteiger partial charge in [0.2, 0.25) is 5.91 Å². The van der Waals surface area contributed by atoms with Crippen molar-refractivity contribution in [1.29, 1.82) is 0 Å². The summed E-state index contributed by atoms with van der Waals surface area (Å²) in [5.74, 6) is -0.393. The van der Waals surface area contributed by atoms with Crippen LogP contribution in [0.1, 0.15) is 21.5 Å². The molecule has 20 heavy (non-hydrogen) atoms. The van der Waals surface area contributed by atoms with Crippen LogP contribution in [0.25, 0.3) is 0 Å². The van der Waals surface area contributed by atoms with Crippen LogP contribution < -0.4 is 16.4 Å². The average molecular weight is 269 g/mol. The lowest BCUT2D eigenvalue weighted by Crippen LogP contribution is -2.18. The Balaban J connectivity index is 2.17. The zero-order valence-electron chi connectivity index (χ0n) is 11.8. The van der Waals surface area contributed by atoms with Gasteiger partial charge in [-0.2, -0.15) is 0 Å². The molecule has 0 spiro atoms. The molecule has 4 N–H and O–H groups in total. The van der Waals surface area contributed by atoms with Gasteiger partial charge in [0, 0.05) is 30.5 Å². The first-order chi connectivity index (χ1) is 9.47. The van der Waals surface area contributed by atoms with Gasteiger partial charge in [-0.3, -0.25) is 4.79 Å². The van der Waals surface area contributed by atoms with E-state index in [4.69, 9.17) is 11.5 Å². The fourth-order valence-corrected chi connectivity index (χ4v) is 2.15. The molecule has 0 saturated carbocycles. The predicted molar refractivity (Wildman–Crippen MR) is 82.7 cm³/mol. The molecule has 4 nitrogen and oxygen atoms in total. The molecule has 2 aromatic carbocycles. The molecular formula is C16H19N3O. The van der Waals surface area contributed by atoms with Crippen LogP contribution in [0.4, 0.5) is 11.4 Å². The molecular weight excluding hydrogens is 250 g/mol. The highest BCUT2D eigenvalue weighted by atomic mass is 16.1. The van der Waals surface area contributed by atoms with Crippen LogP contribution >= 0.6 is 0 Å². The van der Waals surface area contributed by atoms with Crippen molar-refractivity contribution < 1.29 is 4.79 Å². The van der Waals surface area contributed by atoms with Crippen LogP contribution in [0, 0.1) is 6.92 Å². The SMILES string of the molecule is Cc1cc(N(C)Cc2ccc(N)cc2)ccc1C(N)=O. The molecule has 1 amide bonds. The van der Waals surface area contributed by atoms with E-state index >= 15 is 0 Å². The van der Waals surface area contributed by atoms with Gasteiger partial charge in [0.1, 0.15) is 0 Å². The lowest BCUT2D eigenvalue weighted by molar-refractivity contribution is 0.0999. The third-order valence-electron chi connectivity index (χ3n) is 3.32. The Morgan fingerprint density at radius 2 is 1.80 bits per heavy atom. The van der Waals surface area contributed by atoms with Crippen molar-refractivity contribution in [2.45, 2.75) is 13.5 Å². The number of carbonyl (C=O) groups is 1. The Labute approximate surface area is 119 Å². The standard InChI is InChI=1S/C16H19N3O/c1-11-9-14(7-8-15(11)16(18)20)19(2)10-12-3-5-13(17)6-4-12/h3-9H,10,17H2,1-2H3,(H2,18,20). The molecule has 0 bridgehead atoms. The largest absolute Gasteiger partial charge is 0.399 e. The topological polar surface area (TPSA) is 72.3 Å². The lowest BCUT2D eigenvalue weighted by Gasteiger charge is -2.20. The zero-order chi connectivity index (χ0) is 14.7. The first kappa shape index (κ1) is 13.9. The molecule has 0 aliphatic carbocycles. The number of benzene rings is 2. The summed E-state index contributed by atoms with van der Waals surface area (Å²) in [5.41, 5.74) is 15.4. The number of amides is 1. The molecule has 0 aliphatic heterocycles. The summed E-state index contributed by atoms with van der Waals surface area (Å²) in [7, 11) is 2.01. The van der Waals surface area contributed by atoms with Crippen molar-refractivity contribution >= 4 is 17.3 Å². The summed E-state index contributed by atoms with van der Waals surface area (Å²) in [6, 6.07) is 13.5. The quantitative estimate of drug-likeness (QED) is 0.837. The number of carbonyl (C=O) groups excluding carboxylic acids is 1. The molecule has 0 atom stereocenters. The van der Waals surface area contributed by atoms with Crippen LogP contribution in [0.3, 0.4) is 0 Å². The molecule has 0 radical (unpaired) electrons. The smallest absolute Gasteiger partial charge is 0.248 e. The van der Waals surface area contributed by atoms with Gasteiger partial charge in [-0.15, -0.1) is 0 Å². The van der Waals surface area contributed by atoms with Gasteiger partial charge < -0.3 is 16.4 Å². The van der Waals surface area contributed by atoms with Crippen molar-refractivity contribution in [1.82, 2.24) is 0 Å². The molecule has 0 unspecified atom stereocenters. The average Bonchev–Trinajstić information content (AvgIpc) is 2.40. The summed E-state index contributed by atoms with van der Waals surface area (Å²) >= 11 is 0. The minimum atomic E-state index is -0.393. The molecule has 0 fully saturated rings. The number of anilines is 2. The number of aryl methyl sites for hydroxylation is 1. The van der Waals surface area contributed by atoms with E-state index in [1.165, 1.54) is 5.56 Å². The highest BCUT2D eigenvalue weighted by Crippen LogP contribution is 2.20. The monoisotopic (exact) mass is 269 g/mol. The Morgan fingerprint density at radius 1 is 1.15 bits per heavy atom. The van der Waals surface area contributed by atoms with Gasteiger partial charge >= 0.3 is 0 Å². The Hall–Kier alpha value is -2.49. The Kier molecular flexibility index (Phi) is 3.94. The number of rotatable bonds is 4. The maximum atomic E-state index is 11.2. The predicted octanol–water partition coefficient (Wildman–Crippen LogP) is 2.31. The van der Waals surface area contributed by atoms with Crippen molar-refractivity contribution in [2.24, 2.45) is 5.73 Å². The summed E-state index contributed by atoms with van der Waals surface area (Å²) in [6.07, 6.45) is 0. The summed E-state index contributed by atoms with van der Waals surface area (Å²) in [5, 5.41) is 0. The third kappa shape index (κ3) is 3.09. The fourth-order valence-electron chi connectivity index (χ4n) is 2.15. The normalized spacial score (nSPS) is 10.3. The molecule has 2 rings (SSSR count). The number of nitrogens with two attached hydrogens (primary N) is 2. The molecule has 0 heterocycles. The Bertz CT molecular complexity index is 620. The van der Waals surface area contributed by atoms with Crippen LogP contribution in [0.2, 0.25) is 0 Å². The first-order valence-electron chi connectivity index (χ1n) is 6.43. The fraction of sp³-hybridized carbons (Fsp3) is 0.188. The number of nitrogens with zero attached hydrogens (tertiary/aromatic N) is 1. The van der Waals surface area contributed by atoms with Gasteiger partial charge in [0.15, 0.2) is 0 Å². The third-order valence-corrected chi connectivity index (χ3v) is 3.32. The lowest BCUT2D eigenvalue weighted by atomic mass is 10.1. The van der Waals surface area contributed by atoms with Crippen molar-refractivity contribution in [2.75, 3.05) is 17.7 Å². The maximum Gasteiger partial charge on any atom is 0.248 e. The van der Waals surface area contributed by atoms with Gasteiger partial charge in [0.05, 0.1) is 0 Å². The Morgan fingerprint density at radius 3 is 2.35 bits per heavy atom. The number of hydrogen-bond donors (Lipinski definition) is 2. The van der Waals surface area contributed by atoms with Crippen molar-refractivity contribution in [3.05, 3.63) is 59.2 Å². The number of nitrogen functional groups attached to an aromatic ring is 1. The van der Waals surface area contributed by atoms with E-state index in [2.05, 4.69) is 4.90 Å². The number of primary amides is 1. The molecule has 4 heteroatoms. The zero-order valence-corrected chi connectivity index (χ0v) is 11.8. The van der Waals surface area contributed by atoms with Crippen molar-refractivity contribution in [3.63, 3.8) is 0 Å². The van der Waals surface area contributed by atoms with E-state index in [0.29, 0.717) is 5.56 Å². The van der Waals surface area contributed by atoms with Crippen LogP contribution in [0.5, 0.6) is 0 Å². The maximum absolute atomic E-state index is 11.2. The minimum Gasteiger partial charge on any atom is -0.399 e.